The number of amides is 1. The molecule has 1 fully saturated rings. The Hall–Kier alpha value is -2.28. The lowest BCUT2D eigenvalue weighted by Gasteiger charge is -2.33. The molecule has 1 aliphatic heterocycles. The van der Waals surface area contributed by atoms with E-state index >= 15 is 0 Å². The van der Waals surface area contributed by atoms with Gasteiger partial charge in [-0.25, -0.2) is 9.97 Å². The predicted molar refractivity (Wildman–Crippen MR) is 93.6 cm³/mol. The van der Waals surface area contributed by atoms with Gasteiger partial charge in [-0.2, -0.15) is 0 Å². The zero-order valence-corrected chi connectivity index (χ0v) is 14.6. The molecule has 2 aromatic heterocycles. The van der Waals surface area contributed by atoms with E-state index in [1.165, 1.54) is 18.3 Å². The number of thiophene rings is 1. The summed E-state index contributed by atoms with van der Waals surface area (Å²) in [6.45, 7) is 4.72. The average Bonchev–Trinajstić information content (AvgIpc) is 3.08. The molecule has 0 radical (unpaired) electrons. The number of aryl methyl sites for hydroxylation is 1. The molecule has 0 bridgehead atoms. The zero-order valence-electron chi connectivity index (χ0n) is 13.8. The first-order valence-electron chi connectivity index (χ1n) is 7.98. The number of hydrogen-bond acceptors (Lipinski definition) is 6. The van der Waals surface area contributed by atoms with E-state index in [0.717, 1.165) is 24.3 Å². The van der Waals surface area contributed by atoms with Crippen LogP contribution in [0.1, 0.15) is 45.5 Å². The summed E-state index contributed by atoms with van der Waals surface area (Å²) in [5.74, 6) is 0.554. The maximum atomic E-state index is 12.5. The van der Waals surface area contributed by atoms with E-state index in [4.69, 9.17) is 0 Å². The zero-order chi connectivity index (χ0) is 17.1. The number of hydrogen-bond donors (Lipinski definition) is 1. The maximum Gasteiger partial charge on any atom is 0.263 e. The largest absolute Gasteiger partial charge is 0.350 e. The molecule has 0 aliphatic carbocycles. The summed E-state index contributed by atoms with van der Waals surface area (Å²) in [5, 5.41) is 5.21. The quantitative estimate of drug-likeness (QED) is 0.863. The van der Waals surface area contributed by atoms with E-state index in [-0.39, 0.29) is 17.7 Å². The fourth-order valence-electron chi connectivity index (χ4n) is 2.90. The summed E-state index contributed by atoms with van der Waals surface area (Å²) in [7, 11) is 0. The Morgan fingerprint density at radius 1 is 1.42 bits per heavy atom. The first kappa shape index (κ1) is 16.6. The molecule has 1 aliphatic rings. The highest BCUT2D eigenvalue weighted by molar-refractivity contribution is 7.12. The molecule has 24 heavy (non-hydrogen) atoms. The van der Waals surface area contributed by atoms with Crippen LogP contribution in [0.4, 0.5) is 5.95 Å². The normalized spacial score (nSPS) is 17.6. The van der Waals surface area contributed by atoms with Crippen LogP contribution < -0.4 is 5.32 Å². The minimum Gasteiger partial charge on any atom is -0.350 e. The molecule has 126 valence electrons. The molecule has 6 nitrogen and oxygen atoms in total. The molecule has 1 unspecified atom stereocenters. The number of aromatic nitrogens is 2. The van der Waals surface area contributed by atoms with Gasteiger partial charge in [-0.3, -0.25) is 9.59 Å². The number of carbonyl (C=O) groups excluding carboxylic acids is 2. The molecule has 0 spiro atoms. The van der Waals surface area contributed by atoms with E-state index in [2.05, 4.69) is 15.3 Å². The second kappa shape index (κ2) is 7.09. The molecule has 7 heteroatoms. The van der Waals surface area contributed by atoms with Gasteiger partial charge in [0.1, 0.15) is 0 Å². The Morgan fingerprint density at radius 3 is 2.92 bits per heavy atom. The van der Waals surface area contributed by atoms with Crippen LogP contribution in [0.25, 0.3) is 0 Å². The molecule has 1 atom stereocenters. The minimum atomic E-state index is -0.0376. The lowest BCUT2D eigenvalue weighted by Crippen LogP contribution is -2.45. The summed E-state index contributed by atoms with van der Waals surface area (Å²) in [5.41, 5.74) is 1.21. The second-order valence-electron chi connectivity index (χ2n) is 5.96. The van der Waals surface area contributed by atoms with Gasteiger partial charge < -0.3 is 10.2 Å². The number of carbonyl (C=O) groups is 2. The van der Waals surface area contributed by atoms with E-state index < -0.39 is 0 Å². The SMILES string of the molecule is CC(=O)c1cnc(NC2CCCN(C(=O)c3cccs3)C2)nc1C. The molecule has 1 N–H and O–H groups in total. The molecule has 0 aromatic carbocycles. The van der Waals surface area contributed by atoms with Crippen LogP contribution in [-0.2, 0) is 0 Å². The van der Waals surface area contributed by atoms with Crippen molar-refractivity contribution < 1.29 is 9.59 Å². The smallest absolute Gasteiger partial charge is 0.263 e. The van der Waals surface area contributed by atoms with E-state index in [1.54, 1.807) is 13.1 Å². The van der Waals surface area contributed by atoms with Gasteiger partial charge >= 0.3 is 0 Å². The summed E-state index contributed by atoms with van der Waals surface area (Å²) in [6, 6.07) is 3.87. The first-order valence-corrected chi connectivity index (χ1v) is 8.86. The lowest BCUT2D eigenvalue weighted by molar-refractivity contribution is 0.0719. The van der Waals surface area contributed by atoms with Crippen LogP contribution in [0.15, 0.2) is 23.7 Å². The first-order chi connectivity index (χ1) is 11.5. The van der Waals surface area contributed by atoms with Crippen LogP contribution >= 0.6 is 11.3 Å². The van der Waals surface area contributed by atoms with Gasteiger partial charge in [0, 0.05) is 25.3 Å². The summed E-state index contributed by atoms with van der Waals surface area (Å²) < 4.78 is 0. The Kier molecular flexibility index (Phi) is 4.89. The number of anilines is 1. The molecule has 2 aromatic rings. The van der Waals surface area contributed by atoms with Gasteiger partial charge in [0.15, 0.2) is 5.78 Å². The van der Waals surface area contributed by atoms with E-state index in [0.29, 0.717) is 23.8 Å². The predicted octanol–water partition coefficient (Wildman–Crippen LogP) is 2.77. The lowest BCUT2D eigenvalue weighted by atomic mass is 10.1. The average molecular weight is 344 g/mol. The van der Waals surface area contributed by atoms with Crippen LogP contribution in [0.2, 0.25) is 0 Å². The van der Waals surface area contributed by atoms with Crippen molar-refractivity contribution in [2.45, 2.75) is 32.7 Å². The van der Waals surface area contributed by atoms with Gasteiger partial charge in [-0.1, -0.05) is 6.07 Å². The van der Waals surface area contributed by atoms with Crippen molar-refractivity contribution in [2.75, 3.05) is 18.4 Å². The highest BCUT2D eigenvalue weighted by Gasteiger charge is 2.25. The number of likely N-dealkylation sites (tertiary alicyclic amines) is 1. The van der Waals surface area contributed by atoms with Crippen molar-refractivity contribution in [3.63, 3.8) is 0 Å². The third-order valence-electron chi connectivity index (χ3n) is 4.13. The van der Waals surface area contributed by atoms with Gasteiger partial charge in [0.2, 0.25) is 5.95 Å². The van der Waals surface area contributed by atoms with Gasteiger partial charge in [-0.15, -0.1) is 11.3 Å². The Labute approximate surface area is 144 Å². The molecule has 1 amide bonds. The fraction of sp³-hybridized carbons (Fsp3) is 0.412. The number of nitrogens with zero attached hydrogens (tertiary/aromatic N) is 3. The van der Waals surface area contributed by atoms with Gasteiger partial charge in [0.25, 0.3) is 5.91 Å². The molecule has 3 heterocycles. The Morgan fingerprint density at radius 2 is 2.25 bits per heavy atom. The highest BCUT2D eigenvalue weighted by atomic mass is 32.1. The summed E-state index contributed by atoms with van der Waals surface area (Å²) in [6.07, 6.45) is 3.47. The van der Waals surface area contributed by atoms with E-state index in [1.807, 2.05) is 22.4 Å². The third kappa shape index (κ3) is 3.62. The monoisotopic (exact) mass is 344 g/mol. The van der Waals surface area contributed by atoms with Crippen molar-refractivity contribution in [2.24, 2.45) is 0 Å². The molecular formula is C17H20N4O2S. The Bertz CT molecular complexity index is 745. The topological polar surface area (TPSA) is 75.2 Å². The van der Waals surface area contributed by atoms with Crippen molar-refractivity contribution in [1.29, 1.82) is 0 Å². The molecule has 0 saturated carbocycles. The van der Waals surface area contributed by atoms with Crippen molar-refractivity contribution in [3.8, 4) is 0 Å². The third-order valence-corrected chi connectivity index (χ3v) is 4.99. The summed E-state index contributed by atoms with van der Waals surface area (Å²) in [4.78, 5) is 35.2. The standard InChI is InChI=1S/C17H20N4O2S/c1-11-14(12(2)22)9-18-17(19-11)20-13-5-3-7-21(10-13)16(23)15-6-4-8-24-15/h4,6,8-9,13H,3,5,7,10H2,1-2H3,(H,18,19,20). The molecule has 1 saturated heterocycles. The van der Waals surface area contributed by atoms with Crippen LogP contribution in [-0.4, -0.2) is 45.7 Å². The Balaban J connectivity index is 1.66. The minimum absolute atomic E-state index is 0.0376. The second-order valence-corrected chi connectivity index (χ2v) is 6.91. The molecule has 3 rings (SSSR count). The number of ketones is 1. The van der Waals surface area contributed by atoms with Gasteiger partial charge in [-0.05, 0) is 38.1 Å². The summed E-state index contributed by atoms with van der Waals surface area (Å²) >= 11 is 1.47. The number of piperidine rings is 1. The number of nitrogens with one attached hydrogen (secondary N) is 1. The van der Waals surface area contributed by atoms with Gasteiger partial charge in [0.05, 0.1) is 16.1 Å². The van der Waals surface area contributed by atoms with Crippen molar-refractivity contribution in [3.05, 3.63) is 39.8 Å². The fourth-order valence-corrected chi connectivity index (χ4v) is 3.59. The van der Waals surface area contributed by atoms with Crippen LogP contribution in [0.5, 0.6) is 0 Å². The highest BCUT2D eigenvalue weighted by Crippen LogP contribution is 2.19. The maximum absolute atomic E-state index is 12.5. The van der Waals surface area contributed by atoms with Crippen LogP contribution in [0.3, 0.4) is 0 Å². The number of Topliss-reactive ketones (excluding diaryl/α,β-unsaturated/α-hetero) is 1. The van der Waals surface area contributed by atoms with Crippen molar-refractivity contribution >= 4 is 29.0 Å². The van der Waals surface area contributed by atoms with Crippen LogP contribution in [0, 0.1) is 6.92 Å². The number of rotatable bonds is 4. The molecular weight excluding hydrogens is 324 g/mol. The van der Waals surface area contributed by atoms with E-state index in [9.17, 15) is 9.59 Å². The van der Waals surface area contributed by atoms with Crippen molar-refractivity contribution in [1.82, 2.24) is 14.9 Å².